The number of carbonyl (C=O) groups is 1. The molecule has 2 aromatic rings. The molecule has 1 aromatic heterocycles. The van der Waals surface area contributed by atoms with Crippen molar-refractivity contribution in [3.05, 3.63) is 46.6 Å². The van der Waals surface area contributed by atoms with E-state index in [0.717, 1.165) is 6.20 Å². The molecule has 2 heterocycles. The first kappa shape index (κ1) is 19.1. The van der Waals surface area contributed by atoms with Crippen LogP contribution in [-0.4, -0.2) is 51.7 Å². The first-order chi connectivity index (χ1) is 12.8. The molecule has 1 fully saturated rings. The zero-order valence-electron chi connectivity index (χ0n) is 14.4. The lowest BCUT2D eigenvalue weighted by Gasteiger charge is -2.38. The summed E-state index contributed by atoms with van der Waals surface area (Å²) in [5.74, 6) is -1.15. The van der Waals surface area contributed by atoms with Gasteiger partial charge < -0.3 is 19.6 Å². The number of ether oxygens (including phenoxy) is 1. The van der Waals surface area contributed by atoms with Crippen molar-refractivity contribution in [3.8, 4) is 6.01 Å². The fraction of sp³-hybridized carbons (Fsp3) is 0.353. The van der Waals surface area contributed by atoms with Crippen LogP contribution in [0.3, 0.4) is 0 Å². The van der Waals surface area contributed by atoms with Crippen LogP contribution in [0, 0.1) is 11.6 Å². The number of benzene rings is 1. The average molecular weight is 399 g/mol. The number of carboxylic acid groups (broad SMARTS) is 1. The quantitative estimate of drug-likeness (QED) is 0.852. The number of anilines is 1. The van der Waals surface area contributed by atoms with E-state index in [4.69, 9.17) is 21.4 Å². The van der Waals surface area contributed by atoms with Gasteiger partial charge in [-0.05, 0) is 19.1 Å². The minimum Gasteiger partial charge on any atom is -0.465 e. The number of aromatic nitrogens is 2. The van der Waals surface area contributed by atoms with Crippen molar-refractivity contribution in [1.82, 2.24) is 14.9 Å². The Bertz CT molecular complexity index is 855. The molecule has 1 N–H and O–H groups in total. The number of hydrogen-bond acceptors (Lipinski definition) is 5. The normalized spacial score (nSPS) is 17.1. The molecule has 0 aliphatic carbocycles. The molecule has 0 bridgehead atoms. The summed E-state index contributed by atoms with van der Waals surface area (Å²) in [5.41, 5.74) is 0.262. The SMILES string of the molecule is C[C@H]1CN(c2nc(OCc3ccc(Cl)cc3F)ncc2F)CCN1C(=O)O. The Balaban J connectivity index is 1.72. The van der Waals surface area contributed by atoms with E-state index in [9.17, 15) is 13.6 Å². The molecular formula is C17H17ClF2N4O3. The van der Waals surface area contributed by atoms with Crippen LogP contribution in [-0.2, 0) is 6.61 Å². The summed E-state index contributed by atoms with van der Waals surface area (Å²) >= 11 is 5.71. The lowest BCUT2D eigenvalue weighted by atomic mass is 10.2. The van der Waals surface area contributed by atoms with Crippen molar-refractivity contribution in [1.29, 1.82) is 0 Å². The van der Waals surface area contributed by atoms with Crippen LogP contribution in [0.2, 0.25) is 5.02 Å². The third kappa shape index (κ3) is 4.36. The summed E-state index contributed by atoms with van der Waals surface area (Å²) in [4.78, 5) is 21.9. The molecule has 3 rings (SSSR count). The second-order valence-corrected chi connectivity index (χ2v) is 6.56. The van der Waals surface area contributed by atoms with E-state index in [0.29, 0.717) is 0 Å². The van der Waals surface area contributed by atoms with E-state index < -0.39 is 17.7 Å². The first-order valence-corrected chi connectivity index (χ1v) is 8.56. The van der Waals surface area contributed by atoms with Gasteiger partial charge in [-0.1, -0.05) is 17.7 Å². The molecular weight excluding hydrogens is 382 g/mol. The largest absolute Gasteiger partial charge is 0.465 e. The maximum atomic E-state index is 14.2. The average Bonchev–Trinajstić information content (AvgIpc) is 2.61. The molecule has 1 saturated heterocycles. The molecule has 0 saturated carbocycles. The van der Waals surface area contributed by atoms with Crippen molar-refractivity contribution >= 4 is 23.5 Å². The number of hydrogen-bond donors (Lipinski definition) is 1. The Kier molecular flexibility index (Phi) is 5.59. The van der Waals surface area contributed by atoms with Crippen LogP contribution >= 0.6 is 11.6 Å². The Hall–Kier alpha value is -2.68. The maximum Gasteiger partial charge on any atom is 0.407 e. The molecule has 144 valence electrons. The molecule has 10 heteroatoms. The van der Waals surface area contributed by atoms with Gasteiger partial charge in [0.05, 0.1) is 6.20 Å². The highest BCUT2D eigenvalue weighted by Gasteiger charge is 2.29. The van der Waals surface area contributed by atoms with Crippen LogP contribution in [0.4, 0.5) is 19.4 Å². The molecule has 0 spiro atoms. The van der Waals surface area contributed by atoms with Gasteiger partial charge in [0.1, 0.15) is 12.4 Å². The highest BCUT2D eigenvalue weighted by atomic mass is 35.5. The minimum atomic E-state index is -1.01. The van der Waals surface area contributed by atoms with Gasteiger partial charge in [0.25, 0.3) is 0 Å². The van der Waals surface area contributed by atoms with Crippen molar-refractivity contribution < 1.29 is 23.4 Å². The van der Waals surface area contributed by atoms with E-state index in [2.05, 4.69) is 9.97 Å². The number of halogens is 3. The molecule has 1 amide bonds. The number of amides is 1. The fourth-order valence-electron chi connectivity index (χ4n) is 2.85. The van der Waals surface area contributed by atoms with Gasteiger partial charge in [-0.25, -0.2) is 18.6 Å². The Morgan fingerprint density at radius 1 is 1.37 bits per heavy atom. The second-order valence-electron chi connectivity index (χ2n) is 6.12. The minimum absolute atomic E-state index is 0.0217. The third-order valence-electron chi connectivity index (χ3n) is 4.25. The van der Waals surface area contributed by atoms with Crippen molar-refractivity contribution in [3.63, 3.8) is 0 Å². The molecule has 0 radical (unpaired) electrons. The van der Waals surface area contributed by atoms with Crippen LogP contribution in [0.15, 0.2) is 24.4 Å². The molecule has 1 atom stereocenters. The number of rotatable bonds is 4. The molecule has 27 heavy (non-hydrogen) atoms. The Morgan fingerprint density at radius 2 is 2.15 bits per heavy atom. The summed E-state index contributed by atoms with van der Waals surface area (Å²) in [5, 5.41) is 9.40. The van der Waals surface area contributed by atoms with Crippen LogP contribution in [0.25, 0.3) is 0 Å². The predicted molar refractivity (Wildman–Crippen MR) is 94.1 cm³/mol. The summed E-state index contributed by atoms with van der Waals surface area (Å²) in [6.45, 7) is 2.39. The summed E-state index contributed by atoms with van der Waals surface area (Å²) in [7, 11) is 0. The highest BCUT2D eigenvalue weighted by Crippen LogP contribution is 2.23. The van der Waals surface area contributed by atoms with Gasteiger partial charge in [-0.2, -0.15) is 4.98 Å². The van der Waals surface area contributed by atoms with E-state index in [1.54, 1.807) is 11.8 Å². The van der Waals surface area contributed by atoms with Gasteiger partial charge in [-0.15, -0.1) is 0 Å². The molecule has 1 aromatic carbocycles. The van der Waals surface area contributed by atoms with E-state index in [-0.39, 0.29) is 54.7 Å². The topological polar surface area (TPSA) is 78.8 Å². The van der Waals surface area contributed by atoms with Gasteiger partial charge in [-0.3, -0.25) is 0 Å². The van der Waals surface area contributed by atoms with Crippen LogP contribution in [0.5, 0.6) is 6.01 Å². The number of piperazine rings is 1. The smallest absolute Gasteiger partial charge is 0.407 e. The summed E-state index contributed by atoms with van der Waals surface area (Å²) in [6, 6.07) is 3.76. The van der Waals surface area contributed by atoms with Gasteiger partial charge in [0, 0.05) is 36.3 Å². The lowest BCUT2D eigenvalue weighted by Crippen LogP contribution is -2.54. The monoisotopic (exact) mass is 398 g/mol. The molecule has 1 aliphatic rings. The lowest BCUT2D eigenvalue weighted by molar-refractivity contribution is 0.122. The zero-order valence-corrected chi connectivity index (χ0v) is 15.2. The van der Waals surface area contributed by atoms with Gasteiger partial charge >= 0.3 is 12.1 Å². The van der Waals surface area contributed by atoms with Gasteiger partial charge in [0.15, 0.2) is 11.6 Å². The van der Waals surface area contributed by atoms with Crippen molar-refractivity contribution in [2.45, 2.75) is 19.6 Å². The van der Waals surface area contributed by atoms with Crippen molar-refractivity contribution in [2.75, 3.05) is 24.5 Å². The molecule has 7 nitrogen and oxygen atoms in total. The number of nitrogens with zero attached hydrogens (tertiary/aromatic N) is 4. The third-order valence-corrected chi connectivity index (χ3v) is 4.48. The standard InChI is InChI=1S/C17H17ClF2N4O3/c1-10-8-23(4-5-24(10)17(25)26)15-14(20)7-21-16(22-15)27-9-11-2-3-12(18)6-13(11)19/h2-3,6-7,10H,4-5,8-9H2,1H3,(H,25,26)/t10-/m0/s1. The second kappa shape index (κ2) is 7.91. The van der Waals surface area contributed by atoms with E-state index in [1.807, 2.05) is 0 Å². The zero-order chi connectivity index (χ0) is 19.6. The van der Waals surface area contributed by atoms with Gasteiger partial charge in [0.2, 0.25) is 0 Å². The summed E-state index contributed by atoms with van der Waals surface area (Å²) < 4.78 is 33.4. The van der Waals surface area contributed by atoms with Crippen LogP contribution in [0.1, 0.15) is 12.5 Å². The molecule has 0 unspecified atom stereocenters. The highest BCUT2D eigenvalue weighted by molar-refractivity contribution is 6.30. The first-order valence-electron chi connectivity index (χ1n) is 8.19. The van der Waals surface area contributed by atoms with Crippen molar-refractivity contribution in [2.24, 2.45) is 0 Å². The Morgan fingerprint density at radius 3 is 2.81 bits per heavy atom. The molecule has 1 aliphatic heterocycles. The maximum absolute atomic E-state index is 14.2. The van der Waals surface area contributed by atoms with E-state index >= 15 is 0 Å². The van der Waals surface area contributed by atoms with Crippen LogP contribution < -0.4 is 9.64 Å². The fourth-order valence-corrected chi connectivity index (χ4v) is 3.01. The van der Waals surface area contributed by atoms with E-state index in [1.165, 1.54) is 23.1 Å². The Labute approximate surface area is 159 Å². The predicted octanol–water partition coefficient (Wildman–Crippen LogP) is 3.18. The summed E-state index contributed by atoms with van der Waals surface area (Å²) in [6.07, 6.45) is -0.0382.